The number of carbonyl (C=O) groups excluding carboxylic acids is 1. The fourth-order valence-electron chi connectivity index (χ4n) is 3.51. The number of likely N-dealkylation sites (tertiary alicyclic amines) is 1. The van der Waals surface area contributed by atoms with Crippen LogP contribution in [-0.4, -0.2) is 86.8 Å². The Kier molecular flexibility index (Phi) is 7.43. The van der Waals surface area contributed by atoms with Gasteiger partial charge in [-0.15, -0.1) is 0 Å². The van der Waals surface area contributed by atoms with Gasteiger partial charge in [-0.25, -0.2) is 4.98 Å². The van der Waals surface area contributed by atoms with Gasteiger partial charge >= 0.3 is 0 Å². The first kappa shape index (κ1) is 20.0. The van der Waals surface area contributed by atoms with Crippen LogP contribution in [0.3, 0.4) is 0 Å². The van der Waals surface area contributed by atoms with Crippen molar-refractivity contribution in [1.29, 1.82) is 0 Å². The van der Waals surface area contributed by atoms with Crippen LogP contribution >= 0.6 is 0 Å². The van der Waals surface area contributed by atoms with Crippen LogP contribution in [0.4, 0.5) is 0 Å². The molecule has 0 aliphatic carbocycles. The molecule has 3 heterocycles. The van der Waals surface area contributed by atoms with Crippen molar-refractivity contribution in [2.24, 2.45) is 5.92 Å². The predicted octanol–water partition coefficient (Wildman–Crippen LogP) is 1.25. The first-order valence-corrected chi connectivity index (χ1v) is 9.96. The predicted molar refractivity (Wildman–Crippen MR) is 104 cm³/mol. The minimum Gasteiger partial charge on any atom is -0.474 e. The summed E-state index contributed by atoms with van der Waals surface area (Å²) in [5.74, 6) is 1.04. The van der Waals surface area contributed by atoms with E-state index in [2.05, 4.69) is 34.2 Å². The standard InChI is InChI=1S/C20H32N4O3/c1-23(2)9-10-24-8-5-16(15-24)13-22-20(25)17-3-4-19(21-14-17)27-18-6-11-26-12-7-18/h3-4,14,16,18H,5-13,15H2,1-2H3,(H,22,25). The molecule has 2 aliphatic heterocycles. The molecule has 27 heavy (non-hydrogen) atoms. The number of nitrogens with zero attached hydrogens (tertiary/aromatic N) is 3. The molecule has 3 rings (SSSR count). The summed E-state index contributed by atoms with van der Waals surface area (Å²) in [7, 11) is 4.20. The van der Waals surface area contributed by atoms with E-state index in [1.165, 1.54) is 0 Å². The van der Waals surface area contributed by atoms with Crippen molar-refractivity contribution in [1.82, 2.24) is 20.1 Å². The molecule has 7 nitrogen and oxygen atoms in total. The topological polar surface area (TPSA) is 66.9 Å². The van der Waals surface area contributed by atoms with Crippen molar-refractivity contribution in [3.63, 3.8) is 0 Å². The lowest BCUT2D eigenvalue weighted by Crippen LogP contribution is -2.33. The highest BCUT2D eigenvalue weighted by molar-refractivity contribution is 5.93. The molecule has 2 aliphatic rings. The summed E-state index contributed by atoms with van der Waals surface area (Å²) >= 11 is 0. The molecule has 0 aromatic carbocycles. The Morgan fingerprint density at radius 3 is 2.85 bits per heavy atom. The van der Waals surface area contributed by atoms with Crippen molar-refractivity contribution < 1.29 is 14.3 Å². The Morgan fingerprint density at radius 2 is 2.15 bits per heavy atom. The maximum Gasteiger partial charge on any atom is 0.252 e. The van der Waals surface area contributed by atoms with Crippen LogP contribution in [0.25, 0.3) is 0 Å². The van der Waals surface area contributed by atoms with Crippen molar-refractivity contribution in [2.45, 2.75) is 25.4 Å². The number of ether oxygens (including phenoxy) is 2. The van der Waals surface area contributed by atoms with Gasteiger partial charge in [-0.2, -0.15) is 0 Å². The van der Waals surface area contributed by atoms with E-state index in [9.17, 15) is 4.79 Å². The number of amides is 1. The van der Waals surface area contributed by atoms with Crippen LogP contribution in [0.15, 0.2) is 18.3 Å². The average Bonchev–Trinajstić information content (AvgIpc) is 3.14. The van der Waals surface area contributed by atoms with Crippen LogP contribution in [0.2, 0.25) is 0 Å². The number of likely N-dealkylation sites (N-methyl/N-ethyl adjacent to an activating group) is 1. The minimum absolute atomic E-state index is 0.0631. The van der Waals surface area contributed by atoms with Gasteiger partial charge in [0.25, 0.3) is 5.91 Å². The molecule has 7 heteroatoms. The first-order chi connectivity index (χ1) is 13.1. The second-order valence-corrected chi connectivity index (χ2v) is 7.78. The zero-order chi connectivity index (χ0) is 19.1. The molecule has 1 unspecified atom stereocenters. The summed E-state index contributed by atoms with van der Waals surface area (Å²) in [4.78, 5) is 21.3. The normalized spacial score (nSPS) is 21.5. The molecule has 1 N–H and O–H groups in total. The average molecular weight is 377 g/mol. The third kappa shape index (κ3) is 6.45. The third-order valence-electron chi connectivity index (χ3n) is 5.24. The molecule has 2 saturated heterocycles. The van der Waals surface area contributed by atoms with E-state index in [-0.39, 0.29) is 12.0 Å². The van der Waals surface area contributed by atoms with Gasteiger partial charge in [0, 0.05) is 51.3 Å². The maximum atomic E-state index is 12.4. The Bertz CT molecular complexity index is 587. The molecular weight excluding hydrogens is 344 g/mol. The van der Waals surface area contributed by atoms with E-state index < -0.39 is 0 Å². The van der Waals surface area contributed by atoms with E-state index >= 15 is 0 Å². The van der Waals surface area contributed by atoms with Crippen LogP contribution < -0.4 is 10.1 Å². The highest BCUT2D eigenvalue weighted by atomic mass is 16.5. The van der Waals surface area contributed by atoms with Crippen LogP contribution in [0, 0.1) is 5.92 Å². The molecule has 1 atom stereocenters. The van der Waals surface area contributed by atoms with Gasteiger partial charge in [-0.1, -0.05) is 0 Å². The summed E-state index contributed by atoms with van der Waals surface area (Å²) in [6.07, 6.45) is 4.67. The highest BCUT2D eigenvalue weighted by Crippen LogP contribution is 2.17. The molecule has 1 amide bonds. The SMILES string of the molecule is CN(C)CCN1CCC(CNC(=O)c2ccc(OC3CCOCC3)nc2)C1. The smallest absolute Gasteiger partial charge is 0.252 e. The van der Waals surface area contributed by atoms with Crippen molar-refractivity contribution in [3.05, 3.63) is 23.9 Å². The number of aromatic nitrogens is 1. The van der Waals surface area contributed by atoms with E-state index in [4.69, 9.17) is 9.47 Å². The second-order valence-electron chi connectivity index (χ2n) is 7.78. The van der Waals surface area contributed by atoms with Crippen molar-refractivity contribution in [2.75, 3.05) is 60.0 Å². The number of nitrogens with one attached hydrogen (secondary N) is 1. The number of carbonyl (C=O) groups is 1. The zero-order valence-electron chi connectivity index (χ0n) is 16.5. The van der Waals surface area contributed by atoms with Crippen LogP contribution in [0.5, 0.6) is 5.88 Å². The fourth-order valence-corrected chi connectivity index (χ4v) is 3.51. The molecule has 0 bridgehead atoms. The third-order valence-corrected chi connectivity index (χ3v) is 5.24. The number of hydrogen-bond donors (Lipinski definition) is 1. The number of hydrogen-bond acceptors (Lipinski definition) is 6. The molecule has 2 fully saturated rings. The molecular formula is C20H32N4O3. The largest absolute Gasteiger partial charge is 0.474 e. The Hall–Kier alpha value is -1.70. The Labute approximate surface area is 162 Å². The maximum absolute atomic E-state index is 12.4. The number of pyridine rings is 1. The molecule has 1 aromatic rings. The second kappa shape index (κ2) is 10.0. The fraction of sp³-hybridized carbons (Fsp3) is 0.700. The van der Waals surface area contributed by atoms with Gasteiger partial charge < -0.3 is 24.6 Å². The van der Waals surface area contributed by atoms with Gasteiger partial charge in [-0.3, -0.25) is 4.79 Å². The van der Waals surface area contributed by atoms with E-state index in [0.717, 1.165) is 65.2 Å². The molecule has 0 spiro atoms. The Balaban J connectivity index is 1.39. The van der Waals surface area contributed by atoms with Gasteiger partial charge in [0.1, 0.15) is 6.10 Å². The molecule has 0 radical (unpaired) electrons. The molecule has 1 aromatic heterocycles. The van der Waals surface area contributed by atoms with Gasteiger partial charge in [0.2, 0.25) is 5.88 Å². The van der Waals surface area contributed by atoms with Crippen molar-refractivity contribution in [3.8, 4) is 5.88 Å². The summed E-state index contributed by atoms with van der Waals surface area (Å²) in [5, 5.41) is 3.05. The first-order valence-electron chi connectivity index (χ1n) is 9.96. The van der Waals surface area contributed by atoms with Crippen LogP contribution in [0.1, 0.15) is 29.6 Å². The van der Waals surface area contributed by atoms with Gasteiger partial charge in [0.05, 0.1) is 18.8 Å². The summed E-state index contributed by atoms with van der Waals surface area (Å²) < 4.78 is 11.2. The zero-order valence-corrected chi connectivity index (χ0v) is 16.5. The summed E-state index contributed by atoms with van der Waals surface area (Å²) in [5.41, 5.74) is 0.580. The summed E-state index contributed by atoms with van der Waals surface area (Å²) in [6.45, 7) is 6.54. The number of rotatable bonds is 8. The van der Waals surface area contributed by atoms with E-state index in [0.29, 0.717) is 17.4 Å². The van der Waals surface area contributed by atoms with E-state index in [1.807, 2.05) is 0 Å². The van der Waals surface area contributed by atoms with Gasteiger partial charge in [0.15, 0.2) is 0 Å². The lowest BCUT2D eigenvalue weighted by atomic mass is 10.1. The summed E-state index contributed by atoms with van der Waals surface area (Å²) in [6, 6.07) is 3.57. The lowest BCUT2D eigenvalue weighted by molar-refractivity contribution is 0.0237. The Morgan fingerprint density at radius 1 is 1.33 bits per heavy atom. The van der Waals surface area contributed by atoms with Gasteiger partial charge in [-0.05, 0) is 39.0 Å². The molecule has 150 valence electrons. The minimum atomic E-state index is -0.0631. The van der Waals surface area contributed by atoms with Crippen LogP contribution in [-0.2, 0) is 4.74 Å². The van der Waals surface area contributed by atoms with E-state index in [1.54, 1.807) is 18.3 Å². The monoisotopic (exact) mass is 376 g/mol. The van der Waals surface area contributed by atoms with Crippen molar-refractivity contribution >= 4 is 5.91 Å². The quantitative estimate of drug-likeness (QED) is 0.737. The highest BCUT2D eigenvalue weighted by Gasteiger charge is 2.23. The lowest BCUT2D eigenvalue weighted by Gasteiger charge is -2.22. The molecule has 0 saturated carbocycles.